The maximum atomic E-state index is 12.5. The number of rotatable bonds is 2. The van der Waals surface area contributed by atoms with Crippen molar-refractivity contribution in [3.8, 4) is 0 Å². The van der Waals surface area contributed by atoms with Crippen molar-refractivity contribution in [3.63, 3.8) is 0 Å². The second-order valence-electron chi connectivity index (χ2n) is 5.14. The Labute approximate surface area is 121 Å². The van der Waals surface area contributed by atoms with E-state index in [4.69, 9.17) is 4.74 Å². The molecule has 110 valence electrons. The zero-order valence-corrected chi connectivity index (χ0v) is 11.7. The molecule has 0 saturated carbocycles. The maximum absolute atomic E-state index is 12.5. The van der Waals surface area contributed by atoms with Crippen LogP contribution in [-0.2, 0) is 9.53 Å². The van der Waals surface area contributed by atoms with Crippen molar-refractivity contribution in [1.29, 1.82) is 0 Å². The summed E-state index contributed by atoms with van der Waals surface area (Å²) in [5, 5.41) is 10.5. The SMILES string of the molecule is COC(=O)[C@H]1CCCN(C(=O)c2ccc3n[nH]nc3c2)C1. The summed E-state index contributed by atoms with van der Waals surface area (Å²) in [7, 11) is 1.38. The number of fused-ring (bicyclic) bond motifs is 1. The van der Waals surface area contributed by atoms with Gasteiger partial charge in [-0.15, -0.1) is 0 Å². The first kappa shape index (κ1) is 13.5. The van der Waals surface area contributed by atoms with Crippen LogP contribution in [0, 0.1) is 5.92 Å². The molecule has 1 aliphatic heterocycles. The fraction of sp³-hybridized carbons (Fsp3) is 0.429. The van der Waals surface area contributed by atoms with Gasteiger partial charge in [-0.05, 0) is 31.0 Å². The van der Waals surface area contributed by atoms with E-state index in [2.05, 4.69) is 15.4 Å². The van der Waals surface area contributed by atoms with E-state index in [0.717, 1.165) is 18.4 Å². The minimum absolute atomic E-state index is 0.0893. The van der Waals surface area contributed by atoms with Crippen LogP contribution in [0.4, 0.5) is 0 Å². The lowest BCUT2D eigenvalue weighted by Crippen LogP contribution is -2.42. The Morgan fingerprint density at radius 3 is 2.95 bits per heavy atom. The molecule has 21 heavy (non-hydrogen) atoms. The quantitative estimate of drug-likeness (QED) is 0.832. The van der Waals surface area contributed by atoms with Gasteiger partial charge in [0.25, 0.3) is 5.91 Å². The molecule has 7 nitrogen and oxygen atoms in total. The lowest BCUT2D eigenvalue weighted by Gasteiger charge is -2.31. The van der Waals surface area contributed by atoms with Crippen LogP contribution in [0.25, 0.3) is 11.0 Å². The molecular formula is C14H16N4O3. The van der Waals surface area contributed by atoms with Crippen LogP contribution in [0.15, 0.2) is 18.2 Å². The van der Waals surface area contributed by atoms with Gasteiger partial charge in [0.1, 0.15) is 11.0 Å². The standard InChI is InChI=1S/C14H16N4O3/c1-21-14(20)10-3-2-6-18(8-10)13(19)9-4-5-11-12(7-9)16-17-15-11/h4-5,7,10H,2-3,6,8H2,1H3,(H,15,16,17)/t10-/m0/s1. The number of aromatic nitrogens is 3. The van der Waals surface area contributed by atoms with E-state index >= 15 is 0 Å². The van der Waals surface area contributed by atoms with E-state index in [1.54, 1.807) is 23.1 Å². The highest BCUT2D eigenvalue weighted by Crippen LogP contribution is 2.20. The number of amides is 1. The van der Waals surface area contributed by atoms with Crippen LogP contribution in [0.5, 0.6) is 0 Å². The summed E-state index contributed by atoms with van der Waals surface area (Å²) in [6.45, 7) is 1.06. The van der Waals surface area contributed by atoms with E-state index in [-0.39, 0.29) is 17.8 Å². The third-order valence-electron chi connectivity index (χ3n) is 3.81. The van der Waals surface area contributed by atoms with Crippen LogP contribution in [0.2, 0.25) is 0 Å². The third-order valence-corrected chi connectivity index (χ3v) is 3.81. The minimum Gasteiger partial charge on any atom is -0.469 e. The fourth-order valence-corrected chi connectivity index (χ4v) is 2.68. The number of methoxy groups -OCH3 is 1. The van der Waals surface area contributed by atoms with Crippen molar-refractivity contribution in [2.45, 2.75) is 12.8 Å². The van der Waals surface area contributed by atoms with E-state index in [1.165, 1.54) is 7.11 Å². The molecule has 1 aromatic carbocycles. The lowest BCUT2D eigenvalue weighted by atomic mass is 9.97. The Morgan fingerprint density at radius 2 is 2.14 bits per heavy atom. The van der Waals surface area contributed by atoms with Crippen molar-refractivity contribution >= 4 is 22.9 Å². The van der Waals surface area contributed by atoms with Crippen molar-refractivity contribution in [1.82, 2.24) is 20.3 Å². The number of likely N-dealkylation sites (tertiary alicyclic amines) is 1. The number of aromatic amines is 1. The van der Waals surface area contributed by atoms with Crippen LogP contribution in [0.3, 0.4) is 0 Å². The van der Waals surface area contributed by atoms with Gasteiger partial charge in [0, 0.05) is 18.7 Å². The predicted octanol–water partition coefficient (Wildman–Crippen LogP) is 0.983. The maximum Gasteiger partial charge on any atom is 0.310 e. The molecule has 0 aliphatic carbocycles. The number of carbonyl (C=O) groups is 2. The molecular weight excluding hydrogens is 272 g/mol. The molecule has 3 rings (SSSR count). The zero-order chi connectivity index (χ0) is 14.8. The van der Waals surface area contributed by atoms with Gasteiger partial charge < -0.3 is 9.64 Å². The number of nitrogens with zero attached hydrogens (tertiary/aromatic N) is 3. The van der Waals surface area contributed by atoms with Crippen molar-refractivity contribution in [2.24, 2.45) is 5.92 Å². The van der Waals surface area contributed by atoms with E-state index in [1.807, 2.05) is 0 Å². The monoisotopic (exact) mass is 288 g/mol. The smallest absolute Gasteiger partial charge is 0.310 e. The number of piperidine rings is 1. The number of H-pyrrole nitrogens is 1. The Bertz CT molecular complexity index is 682. The van der Waals surface area contributed by atoms with Crippen molar-refractivity contribution in [3.05, 3.63) is 23.8 Å². The van der Waals surface area contributed by atoms with E-state index < -0.39 is 0 Å². The summed E-state index contributed by atoms with van der Waals surface area (Å²) in [5.41, 5.74) is 1.93. The molecule has 0 spiro atoms. The van der Waals surface area contributed by atoms with E-state index in [9.17, 15) is 9.59 Å². The number of nitrogens with one attached hydrogen (secondary N) is 1. The van der Waals surface area contributed by atoms with Crippen molar-refractivity contribution < 1.29 is 14.3 Å². The summed E-state index contributed by atoms with van der Waals surface area (Å²) in [6.07, 6.45) is 1.57. The molecule has 1 aliphatic rings. The molecule has 0 bridgehead atoms. The molecule has 1 aromatic heterocycles. The molecule has 1 saturated heterocycles. The summed E-state index contributed by atoms with van der Waals surface area (Å²) in [6, 6.07) is 5.20. The number of hydrogen-bond acceptors (Lipinski definition) is 5. The number of esters is 1. The molecule has 0 unspecified atom stereocenters. The summed E-state index contributed by atoms with van der Waals surface area (Å²) < 4.78 is 4.77. The highest BCUT2D eigenvalue weighted by atomic mass is 16.5. The second-order valence-corrected chi connectivity index (χ2v) is 5.14. The second kappa shape index (κ2) is 5.51. The number of hydrogen-bond donors (Lipinski definition) is 1. The molecule has 0 radical (unpaired) electrons. The predicted molar refractivity (Wildman–Crippen MR) is 74.5 cm³/mol. The van der Waals surface area contributed by atoms with Crippen LogP contribution in [0.1, 0.15) is 23.2 Å². The van der Waals surface area contributed by atoms with E-state index in [0.29, 0.717) is 24.2 Å². The van der Waals surface area contributed by atoms with Gasteiger partial charge in [-0.3, -0.25) is 9.59 Å². The molecule has 2 aromatic rings. The Morgan fingerprint density at radius 1 is 1.33 bits per heavy atom. The Balaban J connectivity index is 1.78. The van der Waals surface area contributed by atoms with Gasteiger partial charge >= 0.3 is 5.97 Å². The third kappa shape index (κ3) is 2.58. The summed E-state index contributed by atoms with van der Waals surface area (Å²) >= 11 is 0. The van der Waals surface area contributed by atoms with Crippen LogP contribution < -0.4 is 0 Å². The summed E-state index contributed by atoms with van der Waals surface area (Å²) in [5.74, 6) is -0.573. The highest BCUT2D eigenvalue weighted by molar-refractivity contribution is 5.97. The van der Waals surface area contributed by atoms with Gasteiger partial charge in [-0.25, -0.2) is 0 Å². The lowest BCUT2D eigenvalue weighted by molar-refractivity contribution is -0.146. The van der Waals surface area contributed by atoms with Gasteiger partial charge in [0.15, 0.2) is 0 Å². The first-order valence-corrected chi connectivity index (χ1v) is 6.86. The molecule has 7 heteroatoms. The highest BCUT2D eigenvalue weighted by Gasteiger charge is 2.29. The van der Waals surface area contributed by atoms with Gasteiger partial charge in [-0.1, -0.05) is 0 Å². The number of ether oxygens (including phenoxy) is 1. The zero-order valence-electron chi connectivity index (χ0n) is 11.7. The molecule has 1 fully saturated rings. The fourth-order valence-electron chi connectivity index (χ4n) is 2.68. The molecule has 2 heterocycles. The molecule has 1 N–H and O–H groups in total. The van der Waals surface area contributed by atoms with Crippen LogP contribution in [-0.4, -0.2) is 52.4 Å². The molecule has 1 atom stereocenters. The topological polar surface area (TPSA) is 88.2 Å². The van der Waals surface area contributed by atoms with Crippen LogP contribution >= 0.6 is 0 Å². The average molecular weight is 288 g/mol. The Hall–Kier alpha value is -2.44. The van der Waals surface area contributed by atoms with Gasteiger partial charge in [0.2, 0.25) is 0 Å². The first-order chi connectivity index (χ1) is 10.2. The van der Waals surface area contributed by atoms with Gasteiger partial charge in [0.05, 0.1) is 13.0 Å². The van der Waals surface area contributed by atoms with Crippen molar-refractivity contribution in [2.75, 3.05) is 20.2 Å². The minimum atomic E-state index is -0.251. The first-order valence-electron chi connectivity index (χ1n) is 6.86. The Kier molecular flexibility index (Phi) is 3.55. The number of benzene rings is 1. The average Bonchev–Trinajstić information content (AvgIpc) is 3.01. The molecule has 1 amide bonds. The number of carbonyl (C=O) groups excluding carboxylic acids is 2. The largest absolute Gasteiger partial charge is 0.469 e. The van der Waals surface area contributed by atoms with Gasteiger partial charge in [-0.2, -0.15) is 15.4 Å². The summed E-state index contributed by atoms with van der Waals surface area (Å²) in [4.78, 5) is 25.9. The normalized spacial score (nSPS) is 18.7.